The third-order valence-corrected chi connectivity index (χ3v) is 6.04. The SMILES string of the molecule is O=C(NC(Cc1cccc(OC(F)(F)F)c1)C(O)c1ccc(F)cc1)c1cccc2c1C=CCCC2. The summed E-state index contributed by atoms with van der Waals surface area (Å²) >= 11 is 0. The number of halogens is 4. The maximum atomic E-state index is 13.4. The van der Waals surface area contributed by atoms with Crippen LogP contribution in [0.5, 0.6) is 5.75 Å². The molecule has 0 bridgehead atoms. The second-order valence-corrected chi connectivity index (χ2v) is 8.65. The fourth-order valence-electron chi connectivity index (χ4n) is 4.34. The summed E-state index contributed by atoms with van der Waals surface area (Å²) in [6.45, 7) is 0. The molecule has 4 nitrogen and oxygen atoms in total. The molecule has 0 spiro atoms. The zero-order valence-electron chi connectivity index (χ0n) is 19.3. The minimum absolute atomic E-state index is 0.00417. The molecule has 0 radical (unpaired) electrons. The number of ether oxygens (including phenoxy) is 1. The monoisotopic (exact) mass is 499 g/mol. The van der Waals surface area contributed by atoms with E-state index in [2.05, 4.69) is 10.1 Å². The van der Waals surface area contributed by atoms with E-state index < -0.39 is 36.0 Å². The van der Waals surface area contributed by atoms with Crippen LogP contribution in [0.1, 0.15) is 51.6 Å². The van der Waals surface area contributed by atoms with Gasteiger partial charge in [-0.1, -0.05) is 48.6 Å². The first-order chi connectivity index (χ1) is 17.2. The van der Waals surface area contributed by atoms with Crippen molar-refractivity contribution in [1.29, 1.82) is 0 Å². The molecule has 0 saturated carbocycles. The van der Waals surface area contributed by atoms with Crippen LogP contribution in [-0.2, 0) is 12.8 Å². The summed E-state index contributed by atoms with van der Waals surface area (Å²) in [5, 5.41) is 14.0. The van der Waals surface area contributed by atoms with Crippen molar-refractivity contribution in [3.05, 3.63) is 106 Å². The molecule has 2 atom stereocenters. The fourth-order valence-corrected chi connectivity index (χ4v) is 4.34. The van der Waals surface area contributed by atoms with Gasteiger partial charge in [-0.15, -0.1) is 13.2 Å². The van der Waals surface area contributed by atoms with E-state index in [0.717, 1.165) is 30.4 Å². The van der Waals surface area contributed by atoms with E-state index in [1.807, 2.05) is 18.2 Å². The summed E-state index contributed by atoms with van der Waals surface area (Å²) < 4.78 is 55.5. The minimum atomic E-state index is -4.85. The Bertz CT molecular complexity index is 1240. The van der Waals surface area contributed by atoms with Gasteiger partial charge in [0.1, 0.15) is 11.6 Å². The summed E-state index contributed by atoms with van der Waals surface area (Å²) in [6, 6.07) is 15.1. The lowest BCUT2D eigenvalue weighted by Gasteiger charge is -2.26. The highest BCUT2D eigenvalue weighted by Gasteiger charge is 2.31. The van der Waals surface area contributed by atoms with Crippen LogP contribution < -0.4 is 10.1 Å². The number of hydrogen-bond acceptors (Lipinski definition) is 3. The average molecular weight is 500 g/mol. The van der Waals surface area contributed by atoms with Crippen molar-refractivity contribution >= 4 is 12.0 Å². The molecule has 1 aliphatic rings. The first-order valence-electron chi connectivity index (χ1n) is 11.6. The van der Waals surface area contributed by atoms with Crippen molar-refractivity contribution in [2.45, 2.75) is 44.2 Å². The Morgan fingerprint density at radius 1 is 1.06 bits per heavy atom. The number of rotatable bonds is 7. The Labute approximate surface area is 206 Å². The molecule has 0 fully saturated rings. The molecule has 2 N–H and O–H groups in total. The predicted molar refractivity (Wildman–Crippen MR) is 128 cm³/mol. The number of alkyl halides is 3. The average Bonchev–Trinajstić information content (AvgIpc) is 3.08. The van der Waals surface area contributed by atoms with Crippen LogP contribution in [0, 0.1) is 5.82 Å². The lowest BCUT2D eigenvalue weighted by molar-refractivity contribution is -0.274. The van der Waals surface area contributed by atoms with Crippen molar-refractivity contribution in [3.8, 4) is 5.75 Å². The zero-order chi connectivity index (χ0) is 25.7. The normalized spacial score (nSPS) is 14.9. The molecule has 0 aliphatic heterocycles. The summed E-state index contributed by atoms with van der Waals surface area (Å²) in [5.41, 5.74) is 3.06. The number of nitrogens with one attached hydrogen (secondary N) is 1. The van der Waals surface area contributed by atoms with Crippen LogP contribution in [0.3, 0.4) is 0 Å². The highest BCUT2D eigenvalue weighted by Crippen LogP contribution is 2.27. The van der Waals surface area contributed by atoms with Gasteiger partial charge in [-0.25, -0.2) is 4.39 Å². The molecule has 8 heteroatoms. The molecule has 36 heavy (non-hydrogen) atoms. The standard InChI is InChI=1S/C28H25F4NO3/c29-21-14-12-20(13-15-21)26(34)25(17-18-6-4-9-22(16-18)36-28(30,31)32)33-27(35)24-11-5-8-19-7-2-1-3-10-23(19)24/h3-6,8-16,25-26,34H,1-2,7,17H2,(H,33,35). The molecular formula is C28H25F4NO3. The van der Waals surface area contributed by atoms with Crippen LogP contribution in [0.4, 0.5) is 17.6 Å². The molecule has 0 heterocycles. The van der Waals surface area contributed by atoms with Gasteiger partial charge in [-0.3, -0.25) is 4.79 Å². The number of carbonyl (C=O) groups is 1. The van der Waals surface area contributed by atoms with E-state index in [-0.39, 0.29) is 6.42 Å². The second kappa shape index (κ2) is 11.0. The van der Waals surface area contributed by atoms with Gasteiger partial charge < -0.3 is 15.2 Å². The molecule has 0 aromatic heterocycles. The number of amides is 1. The third-order valence-electron chi connectivity index (χ3n) is 6.04. The summed E-state index contributed by atoms with van der Waals surface area (Å²) in [7, 11) is 0. The number of fused-ring (bicyclic) bond motifs is 1. The molecule has 3 aromatic carbocycles. The molecule has 1 amide bonds. The number of aryl methyl sites for hydroxylation is 1. The number of hydrogen-bond donors (Lipinski definition) is 2. The summed E-state index contributed by atoms with van der Waals surface area (Å²) in [5.74, 6) is -1.31. The van der Waals surface area contributed by atoms with Gasteiger partial charge >= 0.3 is 6.36 Å². The van der Waals surface area contributed by atoms with Gasteiger partial charge in [0.15, 0.2) is 0 Å². The predicted octanol–water partition coefficient (Wildman–Crippen LogP) is 6.15. The Balaban J connectivity index is 1.63. The molecular weight excluding hydrogens is 474 g/mol. The van der Waals surface area contributed by atoms with Crippen LogP contribution >= 0.6 is 0 Å². The minimum Gasteiger partial charge on any atom is -0.406 e. The van der Waals surface area contributed by atoms with Crippen LogP contribution in [0.25, 0.3) is 6.08 Å². The van der Waals surface area contributed by atoms with Gasteiger partial charge in [0, 0.05) is 5.56 Å². The van der Waals surface area contributed by atoms with Crippen molar-refractivity contribution in [2.75, 3.05) is 0 Å². The number of aliphatic hydroxyl groups excluding tert-OH is 1. The van der Waals surface area contributed by atoms with Crippen LogP contribution in [0.2, 0.25) is 0 Å². The lowest BCUT2D eigenvalue weighted by atomic mass is 9.94. The molecule has 188 valence electrons. The number of benzene rings is 3. The quantitative estimate of drug-likeness (QED) is 0.384. The molecule has 3 aromatic rings. The molecule has 1 aliphatic carbocycles. The number of aliphatic hydroxyl groups is 1. The van der Waals surface area contributed by atoms with Crippen LogP contribution in [0.15, 0.2) is 72.8 Å². The van der Waals surface area contributed by atoms with Crippen LogP contribution in [-0.4, -0.2) is 23.4 Å². The van der Waals surface area contributed by atoms with E-state index in [9.17, 15) is 27.5 Å². The Hall–Kier alpha value is -3.65. The van der Waals surface area contributed by atoms with Gasteiger partial charge in [0.2, 0.25) is 0 Å². The van der Waals surface area contributed by atoms with Gasteiger partial charge in [0.05, 0.1) is 12.1 Å². The largest absolute Gasteiger partial charge is 0.573 e. The van der Waals surface area contributed by atoms with Crippen molar-refractivity contribution < 1.29 is 32.2 Å². The fraction of sp³-hybridized carbons (Fsp3) is 0.250. The smallest absolute Gasteiger partial charge is 0.406 e. The Kier molecular flexibility index (Phi) is 7.74. The lowest BCUT2D eigenvalue weighted by Crippen LogP contribution is -2.41. The summed E-state index contributed by atoms with van der Waals surface area (Å²) in [4.78, 5) is 13.4. The Morgan fingerprint density at radius 2 is 1.81 bits per heavy atom. The Morgan fingerprint density at radius 3 is 2.56 bits per heavy atom. The zero-order valence-corrected chi connectivity index (χ0v) is 19.3. The topological polar surface area (TPSA) is 58.6 Å². The highest BCUT2D eigenvalue weighted by molar-refractivity contribution is 5.98. The molecule has 2 unspecified atom stereocenters. The maximum absolute atomic E-state index is 13.4. The van der Waals surface area contributed by atoms with E-state index in [4.69, 9.17) is 0 Å². The third kappa shape index (κ3) is 6.51. The number of allylic oxidation sites excluding steroid dienone is 1. The summed E-state index contributed by atoms with van der Waals surface area (Å²) in [6.07, 6.45) is 0.536. The van der Waals surface area contributed by atoms with E-state index in [1.165, 1.54) is 42.5 Å². The van der Waals surface area contributed by atoms with Gasteiger partial charge in [0.25, 0.3) is 5.91 Å². The van der Waals surface area contributed by atoms with Gasteiger partial charge in [-0.2, -0.15) is 0 Å². The van der Waals surface area contributed by atoms with E-state index in [0.29, 0.717) is 16.7 Å². The first kappa shape index (κ1) is 25.4. The number of carbonyl (C=O) groups excluding carboxylic acids is 1. The highest BCUT2D eigenvalue weighted by atomic mass is 19.4. The second-order valence-electron chi connectivity index (χ2n) is 8.65. The molecule has 4 rings (SSSR count). The van der Waals surface area contributed by atoms with Crippen molar-refractivity contribution in [1.82, 2.24) is 5.32 Å². The molecule has 0 saturated heterocycles. The van der Waals surface area contributed by atoms with Crippen molar-refractivity contribution in [3.63, 3.8) is 0 Å². The first-order valence-corrected chi connectivity index (χ1v) is 11.6. The maximum Gasteiger partial charge on any atom is 0.573 e. The van der Waals surface area contributed by atoms with Crippen molar-refractivity contribution in [2.24, 2.45) is 0 Å². The van der Waals surface area contributed by atoms with E-state index >= 15 is 0 Å². The van der Waals surface area contributed by atoms with E-state index in [1.54, 1.807) is 18.2 Å². The van der Waals surface area contributed by atoms with Gasteiger partial charge in [-0.05, 0) is 78.3 Å².